The monoisotopic (exact) mass is 296 g/mol. The van der Waals surface area contributed by atoms with Crippen molar-refractivity contribution in [3.63, 3.8) is 0 Å². The van der Waals surface area contributed by atoms with Gasteiger partial charge in [-0.1, -0.05) is 17.4 Å². The van der Waals surface area contributed by atoms with Crippen LogP contribution >= 0.6 is 22.7 Å². The summed E-state index contributed by atoms with van der Waals surface area (Å²) in [5, 5.41) is 12.6. The van der Waals surface area contributed by atoms with E-state index < -0.39 is 4.92 Å². The average molecular weight is 296 g/mol. The van der Waals surface area contributed by atoms with E-state index in [1.165, 1.54) is 12.1 Å². The van der Waals surface area contributed by atoms with Crippen LogP contribution in [-0.4, -0.2) is 22.8 Å². The Labute approximate surface area is 118 Å². The Morgan fingerprint density at radius 1 is 1.42 bits per heavy atom. The van der Waals surface area contributed by atoms with Crippen LogP contribution in [0.4, 0.5) is 5.00 Å². The maximum atomic E-state index is 12.2. The Bertz CT molecular complexity index is 592. The molecule has 2 aromatic rings. The summed E-state index contributed by atoms with van der Waals surface area (Å²) >= 11 is 2.49. The topological polar surface area (TPSA) is 63.5 Å². The maximum Gasteiger partial charge on any atom is 0.324 e. The molecule has 2 rings (SSSR count). The van der Waals surface area contributed by atoms with Crippen LogP contribution in [0.2, 0.25) is 0 Å². The Morgan fingerprint density at radius 2 is 2.16 bits per heavy atom. The van der Waals surface area contributed by atoms with E-state index in [2.05, 4.69) is 0 Å². The third-order valence-corrected chi connectivity index (χ3v) is 4.91. The molecule has 7 heteroatoms. The minimum Gasteiger partial charge on any atom is -0.333 e. The Hall–Kier alpha value is -1.73. The van der Waals surface area contributed by atoms with E-state index in [-0.39, 0.29) is 17.0 Å². The molecule has 2 aromatic heterocycles. The third-order valence-electron chi connectivity index (χ3n) is 2.84. The first-order valence-corrected chi connectivity index (χ1v) is 7.25. The Morgan fingerprint density at radius 3 is 2.68 bits per heavy atom. The SMILES string of the molecule is C[C@H](c1cccs1)N(C)C(=O)c1ccc([N+](=O)[O-])s1. The van der Waals surface area contributed by atoms with Gasteiger partial charge < -0.3 is 4.90 Å². The standard InChI is InChI=1S/C12H12N2O3S2/c1-8(9-4-3-7-18-9)13(2)12(15)10-5-6-11(19-10)14(16)17/h3-8H,1-2H3/t8-/m1/s1. The van der Waals surface area contributed by atoms with Crippen molar-refractivity contribution in [2.45, 2.75) is 13.0 Å². The molecular formula is C12H12N2O3S2. The molecule has 0 N–H and O–H groups in total. The van der Waals surface area contributed by atoms with Crippen molar-refractivity contribution in [2.75, 3.05) is 7.05 Å². The van der Waals surface area contributed by atoms with Crippen LogP contribution in [-0.2, 0) is 0 Å². The molecule has 0 radical (unpaired) electrons. The van der Waals surface area contributed by atoms with Crippen molar-refractivity contribution >= 4 is 33.6 Å². The second kappa shape index (κ2) is 5.50. The van der Waals surface area contributed by atoms with E-state index in [4.69, 9.17) is 0 Å². The fourth-order valence-corrected chi connectivity index (χ4v) is 3.24. The number of nitro groups is 1. The molecule has 0 unspecified atom stereocenters. The third kappa shape index (κ3) is 2.82. The van der Waals surface area contributed by atoms with Crippen molar-refractivity contribution in [1.29, 1.82) is 0 Å². The molecule has 0 saturated carbocycles. The largest absolute Gasteiger partial charge is 0.333 e. The van der Waals surface area contributed by atoms with Gasteiger partial charge in [0.05, 0.1) is 15.8 Å². The number of hydrogen-bond acceptors (Lipinski definition) is 5. The molecule has 1 atom stereocenters. The first-order valence-electron chi connectivity index (χ1n) is 5.55. The molecule has 0 fully saturated rings. The van der Waals surface area contributed by atoms with Gasteiger partial charge in [0.25, 0.3) is 5.91 Å². The van der Waals surface area contributed by atoms with Crippen LogP contribution < -0.4 is 0 Å². The van der Waals surface area contributed by atoms with Gasteiger partial charge in [-0.3, -0.25) is 14.9 Å². The van der Waals surface area contributed by atoms with Crippen molar-refractivity contribution < 1.29 is 9.72 Å². The summed E-state index contributed by atoms with van der Waals surface area (Å²) in [4.78, 5) is 25.4. The first kappa shape index (κ1) is 13.7. The highest BCUT2D eigenvalue weighted by Gasteiger charge is 2.22. The molecule has 1 amide bonds. The number of carbonyl (C=O) groups excluding carboxylic acids is 1. The zero-order valence-electron chi connectivity index (χ0n) is 10.4. The summed E-state index contributed by atoms with van der Waals surface area (Å²) in [6.07, 6.45) is 0. The van der Waals surface area contributed by atoms with Crippen molar-refractivity contribution in [3.05, 3.63) is 49.5 Å². The van der Waals surface area contributed by atoms with Crippen molar-refractivity contribution in [1.82, 2.24) is 4.90 Å². The number of carbonyl (C=O) groups is 1. The zero-order valence-corrected chi connectivity index (χ0v) is 12.0. The van der Waals surface area contributed by atoms with Crippen LogP contribution in [0.15, 0.2) is 29.6 Å². The smallest absolute Gasteiger partial charge is 0.324 e. The first-order chi connectivity index (χ1) is 9.00. The van der Waals surface area contributed by atoms with Crippen LogP contribution in [0.25, 0.3) is 0 Å². The normalized spacial score (nSPS) is 12.1. The molecule has 0 bridgehead atoms. The molecular weight excluding hydrogens is 284 g/mol. The van der Waals surface area contributed by atoms with Gasteiger partial charge in [-0.25, -0.2) is 0 Å². The van der Waals surface area contributed by atoms with Crippen molar-refractivity contribution in [3.8, 4) is 0 Å². The van der Waals surface area contributed by atoms with E-state index in [0.29, 0.717) is 4.88 Å². The quantitative estimate of drug-likeness (QED) is 0.640. The molecule has 5 nitrogen and oxygen atoms in total. The van der Waals surface area contributed by atoms with Gasteiger partial charge in [0.2, 0.25) is 0 Å². The lowest BCUT2D eigenvalue weighted by atomic mass is 10.2. The van der Waals surface area contributed by atoms with Crippen LogP contribution in [0.5, 0.6) is 0 Å². The fourth-order valence-electron chi connectivity index (χ4n) is 1.61. The molecule has 0 saturated heterocycles. The lowest BCUT2D eigenvalue weighted by Crippen LogP contribution is -2.28. The predicted molar refractivity (Wildman–Crippen MR) is 75.8 cm³/mol. The van der Waals surface area contributed by atoms with Gasteiger partial charge in [-0.15, -0.1) is 11.3 Å². The van der Waals surface area contributed by atoms with Gasteiger partial charge in [0.1, 0.15) is 0 Å². The number of thiophene rings is 2. The number of nitrogens with zero attached hydrogens (tertiary/aromatic N) is 2. The molecule has 2 heterocycles. The minimum atomic E-state index is -0.482. The van der Waals surface area contributed by atoms with Crippen LogP contribution in [0.1, 0.15) is 27.5 Å². The average Bonchev–Trinajstić information content (AvgIpc) is 3.06. The molecule has 100 valence electrons. The fraction of sp³-hybridized carbons (Fsp3) is 0.250. The zero-order chi connectivity index (χ0) is 14.0. The summed E-state index contributed by atoms with van der Waals surface area (Å²) in [5.74, 6) is -0.195. The second-order valence-electron chi connectivity index (χ2n) is 4.00. The summed E-state index contributed by atoms with van der Waals surface area (Å²) in [5.41, 5.74) is 0. The Kier molecular flexibility index (Phi) is 3.96. The Balaban J connectivity index is 2.16. The maximum absolute atomic E-state index is 12.2. The molecule has 0 aromatic carbocycles. The van der Waals surface area contributed by atoms with E-state index >= 15 is 0 Å². The van der Waals surface area contributed by atoms with Gasteiger partial charge in [0, 0.05) is 18.0 Å². The van der Waals surface area contributed by atoms with Crippen LogP contribution in [0, 0.1) is 10.1 Å². The van der Waals surface area contributed by atoms with E-state index in [1.807, 2.05) is 24.4 Å². The lowest BCUT2D eigenvalue weighted by molar-refractivity contribution is -0.380. The van der Waals surface area contributed by atoms with Crippen LogP contribution in [0.3, 0.4) is 0 Å². The number of amides is 1. The summed E-state index contributed by atoms with van der Waals surface area (Å²) in [6.45, 7) is 1.94. The lowest BCUT2D eigenvalue weighted by Gasteiger charge is -2.23. The summed E-state index contributed by atoms with van der Waals surface area (Å²) < 4.78 is 0. The van der Waals surface area contributed by atoms with Gasteiger partial charge >= 0.3 is 5.00 Å². The highest BCUT2D eigenvalue weighted by atomic mass is 32.1. The van der Waals surface area contributed by atoms with E-state index in [1.54, 1.807) is 23.3 Å². The molecule has 0 aliphatic carbocycles. The number of rotatable bonds is 4. The second-order valence-corrected chi connectivity index (χ2v) is 6.04. The van der Waals surface area contributed by atoms with E-state index in [0.717, 1.165) is 16.2 Å². The summed E-state index contributed by atoms with van der Waals surface area (Å²) in [6, 6.07) is 6.72. The van der Waals surface area contributed by atoms with E-state index in [9.17, 15) is 14.9 Å². The predicted octanol–water partition coefficient (Wildman–Crippen LogP) is 3.55. The van der Waals surface area contributed by atoms with Gasteiger partial charge in [-0.2, -0.15) is 0 Å². The van der Waals surface area contributed by atoms with Crippen molar-refractivity contribution in [2.24, 2.45) is 0 Å². The molecule has 0 aliphatic rings. The van der Waals surface area contributed by atoms with Gasteiger partial charge in [0.15, 0.2) is 0 Å². The molecule has 19 heavy (non-hydrogen) atoms. The van der Waals surface area contributed by atoms with Gasteiger partial charge in [-0.05, 0) is 24.4 Å². The molecule has 0 aliphatic heterocycles. The summed E-state index contributed by atoms with van der Waals surface area (Å²) in [7, 11) is 1.71. The number of hydrogen-bond donors (Lipinski definition) is 0. The molecule has 0 spiro atoms. The highest BCUT2D eigenvalue weighted by Crippen LogP contribution is 2.29. The highest BCUT2D eigenvalue weighted by molar-refractivity contribution is 7.17. The minimum absolute atomic E-state index is 0.0134.